The summed E-state index contributed by atoms with van der Waals surface area (Å²) in [4.78, 5) is 22.9. The van der Waals surface area contributed by atoms with Gasteiger partial charge < -0.3 is 9.53 Å². The lowest BCUT2D eigenvalue weighted by Crippen LogP contribution is -2.46. The average Bonchev–Trinajstić information content (AvgIpc) is 2.07. The molecule has 0 radical (unpaired) electrons. The van der Waals surface area contributed by atoms with E-state index in [1.54, 1.807) is 0 Å². The molecule has 0 saturated carbocycles. The lowest BCUT2D eigenvalue weighted by molar-refractivity contribution is -0.154. The summed E-state index contributed by atoms with van der Waals surface area (Å²) in [6.45, 7) is 3.39. The van der Waals surface area contributed by atoms with Gasteiger partial charge in [0.1, 0.15) is 12.9 Å². The number of hydrogen-bond donors (Lipinski definition) is 0. The summed E-state index contributed by atoms with van der Waals surface area (Å²) in [5.41, 5.74) is 0. The van der Waals surface area contributed by atoms with Gasteiger partial charge in [-0.1, -0.05) is 0 Å². The van der Waals surface area contributed by atoms with Crippen LogP contribution in [0.15, 0.2) is 0 Å². The Morgan fingerprint density at radius 2 is 2.50 bits per heavy atom. The highest BCUT2D eigenvalue weighted by Gasteiger charge is 2.23. The van der Waals surface area contributed by atoms with Crippen LogP contribution < -0.4 is 0 Å². The summed E-state index contributed by atoms with van der Waals surface area (Å²) in [5, 5.41) is 0. The van der Waals surface area contributed by atoms with E-state index in [2.05, 4.69) is 0 Å². The molecule has 1 rings (SSSR count). The number of ether oxygens (including phenoxy) is 1. The standard InChI is InChI=1S/C8H13NO3/c1-7-6-12-8(11)5-9(7)3-2-4-10/h4,7H,2-3,5-6H2,1H3. The minimum Gasteiger partial charge on any atom is -0.463 e. The van der Waals surface area contributed by atoms with Crippen molar-refractivity contribution in [1.82, 2.24) is 4.90 Å². The molecular weight excluding hydrogens is 158 g/mol. The van der Waals surface area contributed by atoms with Crippen LogP contribution in [0.4, 0.5) is 0 Å². The van der Waals surface area contributed by atoms with Crippen LogP contribution in [-0.4, -0.2) is 42.9 Å². The zero-order valence-corrected chi connectivity index (χ0v) is 7.16. The van der Waals surface area contributed by atoms with Gasteiger partial charge in [0.15, 0.2) is 0 Å². The number of aldehydes is 1. The Bertz CT molecular complexity index is 181. The fourth-order valence-corrected chi connectivity index (χ4v) is 1.20. The van der Waals surface area contributed by atoms with Gasteiger partial charge in [-0.2, -0.15) is 0 Å². The monoisotopic (exact) mass is 171 g/mol. The summed E-state index contributed by atoms with van der Waals surface area (Å²) in [6, 6.07) is 0.239. The van der Waals surface area contributed by atoms with Crippen LogP contribution in [0.25, 0.3) is 0 Å². The molecular formula is C8H13NO3. The summed E-state index contributed by atoms with van der Waals surface area (Å²) in [6.07, 6.45) is 1.35. The molecule has 1 aliphatic heterocycles. The van der Waals surface area contributed by atoms with Crippen molar-refractivity contribution in [3.05, 3.63) is 0 Å². The first-order valence-corrected chi connectivity index (χ1v) is 4.07. The van der Waals surface area contributed by atoms with Gasteiger partial charge in [-0.3, -0.25) is 9.69 Å². The van der Waals surface area contributed by atoms with Gasteiger partial charge >= 0.3 is 5.97 Å². The van der Waals surface area contributed by atoms with Crippen molar-refractivity contribution in [2.45, 2.75) is 19.4 Å². The highest BCUT2D eigenvalue weighted by atomic mass is 16.5. The molecule has 12 heavy (non-hydrogen) atoms. The Balaban J connectivity index is 2.37. The van der Waals surface area contributed by atoms with E-state index in [9.17, 15) is 9.59 Å². The van der Waals surface area contributed by atoms with E-state index in [-0.39, 0.29) is 12.0 Å². The molecule has 0 aromatic rings. The van der Waals surface area contributed by atoms with Crippen molar-refractivity contribution in [3.8, 4) is 0 Å². The Kier molecular flexibility index (Phi) is 3.22. The first-order chi connectivity index (χ1) is 5.74. The van der Waals surface area contributed by atoms with Crippen molar-refractivity contribution in [2.75, 3.05) is 19.7 Å². The second-order valence-electron chi connectivity index (χ2n) is 2.96. The number of esters is 1. The molecule has 0 spiro atoms. The predicted molar refractivity (Wildman–Crippen MR) is 42.7 cm³/mol. The number of carbonyl (C=O) groups is 2. The predicted octanol–water partition coefficient (Wildman–Crippen LogP) is -0.177. The van der Waals surface area contributed by atoms with Gasteiger partial charge in [-0.05, 0) is 6.92 Å². The molecule has 0 bridgehead atoms. The molecule has 1 fully saturated rings. The van der Waals surface area contributed by atoms with E-state index in [1.165, 1.54) is 0 Å². The first-order valence-electron chi connectivity index (χ1n) is 4.07. The third-order valence-corrected chi connectivity index (χ3v) is 1.98. The lowest BCUT2D eigenvalue weighted by atomic mass is 10.2. The molecule has 1 unspecified atom stereocenters. The normalized spacial score (nSPS) is 25.1. The van der Waals surface area contributed by atoms with Gasteiger partial charge in [0, 0.05) is 19.0 Å². The van der Waals surface area contributed by atoms with Gasteiger partial charge in [0.25, 0.3) is 0 Å². The number of hydrogen-bond acceptors (Lipinski definition) is 4. The van der Waals surface area contributed by atoms with Crippen molar-refractivity contribution in [1.29, 1.82) is 0 Å². The Morgan fingerprint density at radius 3 is 3.17 bits per heavy atom. The molecule has 1 atom stereocenters. The van der Waals surface area contributed by atoms with Crippen LogP contribution in [0.1, 0.15) is 13.3 Å². The zero-order chi connectivity index (χ0) is 8.97. The minimum absolute atomic E-state index is 0.195. The smallest absolute Gasteiger partial charge is 0.320 e. The molecule has 1 heterocycles. The molecule has 0 N–H and O–H groups in total. The Labute approximate surface area is 71.5 Å². The maximum atomic E-state index is 10.8. The van der Waals surface area contributed by atoms with E-state index in [1.807, 2.05) is 11.8 Å². The highest BCUT2D eigenvalue weighted by Crippen LogP contribution is 2.06. The van der Waals surface area contributed by atoms with Crippen molar-refractivity contribution >= 4 is 12.3 Å². The third kappa shape index (κ3) is 2.30. The fourth-order valence-electron chi connectivity index (χ4n) is 1.20. The van der Waals surface area contributed by atoms with Gasteiger partial charge in [0.2, 0.25) is 0 Å². The number of carbonyl (C=O) groups excluding carboxylic acids is 2. The summed E-state index contributed by atoms with van der Waals surface area (Å²) in [7, 11) is 0. The molecule has 0 amide bonds. The van der Waals surface area contributed by atoms with E-state index in [4.69, 9.17) is 4.74 Å². The molecule has 1 aliphatic rings. The highest BCUT2D eigenvalue weighted by molar-refractivity contribution is 5.72. The number of cyclic esters (lactones) is 1. The SMILES string of the molecule is CC1COC(=O)CN1CCC=O. The van der Waals surface area contributed by atoms with Gasteiger partial charge in [-0.25, -0.2) is 0 Å². The molecule has 0 aromatic heterocycles. The Hall–Kier alpha value is -0.900. The van der Waals surface area contributed by atoms with E-state index < -0.39 is 0 Å². The second kappa shape index (κ2) is 4.21. The summed E-state index contributed by atoms with van der Waals surface area (Å²) >= 11 is 0. The molecule has 4 nitrogen and oxygen atoms in total. The summed E-state index contributed by atoms with van der Waals surface area (Å²) in [5.74, 6) is -0.195. The number of nitrogens with zero attached hydrogens (tertiary/aromatic N) is 1. The van der Waals surface area contributed by atoms with Gasteiger partial charge in [-0.15, -0.1) is 0 Å². The van der Waals surface area contributed by atoms with E-state index in [0.29, 0.717) is 26.1 Å². The van der Waals surface area contributed by atoms with E-state index in [0.717, 1.165) is 6.29 Å². The van der Waals surface area contributed by atoms with Crippen LogP contribution in [-0.2, 0) is 14.3 Å². The maximum absolute atomic E-state index is 10.8. The molecule has 0 aliphatic carbocycles. The van der Waals surface area contributed by atoms with Crippen molar-refractivity contribution in [2.24, 2.45) is 0 Å². The van der Waals surface area contributed by atoms with Crippen LogP contribution in [0, 0.1) is 0 Å². The molecule has 4 heteroatoms. The van der Waals surface area contributed by atoms with Crippen LogP contribution >= 0.6 is 0 Å². The number of rotatable bonds is 3. The van der Waals surface area contributed by atoms with E-state index >= 15 is 0 Å². The largest absolute Gasteiger partial charge is 0.463 e. The fraction of sp³-hybridized carbons (Fsp3) is 0.750. The maximum Gasteiger partial charge on any atom is 0.320 e. The van der Waals surface area contributed by atoms with Crippen LogP contribution in [0.2, 0.25) is 0 Å². The van der Waals surface area contributed by atoms with Crippen molar-refractivity contribution in [3.63, 3.8) is 0 Å². The van der Waals surface area contributed by atoms with Gasteiger partial charge in [0.05, 0.1) is 6.54 Å². The quantitative estimate of drug-likeness (QED) is 0.436. The van der Waals surface area contributed by atoms with Crippen LogP contribution in [0.5, 0.6) is 0 Å². The second-order valence-corrected chi connectivity index (χ2v) is 2.96. The number of morpholine rings is 1. The Morgan fingerprint density at radius 1 is 1.75 bits per heavy atom. The first kappa shape index (κ1) is 9.19. The molecule has 0 aromatic carbocycles. The topological polar surface area (TPSA) is 46.6 Å². The lowest BCUT2D eigenvalue weighted by Gasteiger charge is -2.31. The summed E-state index contributed by atoms with van der Waals surface area (Å²) < 4.78 is 4.83. The van der Waals surface area contributed by atoms with Crippen LogP contribution in [0.3, 0.4) is 0 Å². The third-order valence-electron chi connectivity index (χ3n) is 1.98. The zero-order valence-electron chi connectivity index (χ0n) is 7.16. The van der Waals surface area contributed by atoms with Crippen molar-refractivity contribution < 1.29 is 14.3 Å². The minimum atomic E-state index is -0.195. The molecule has 1 saturated heterocycles. The average molecular weight is 171 g/mol. The molecule has 68 valence electrons.